The summed E-state index contributed by atoms with van der Waals surface area (Å²) in [6.07, 6.45) is 2.43. The fraction of sp³-hybridized carbons (Fsp3) is 0.423. The SMILES string of the molecule is COC[C@H](NC(=O)CC1(NC(=O)OCC2c3ccccc3-c3ccccc32)CCCC1)C(=O)O. The summed E-state index contributed by atoms with van der Waals surface area (Å²) in [6, 6.07) is 15.1. The molecule has 0 spiro atoms. The molecular formula is C26H30N2O6. The maximum atomic E-state index is 12.8. The molecule has 0 heterocycles. The van der Waals surface area contributed by atoms with Crippen LogP contribution in [0.1, 0.15) is 49.1 Å². The Morgan fingerprint density at radius 2 is 1.62 bits per heavy atom. The van der Waals surface area contributed by atoms with Crippen LogP contribution in [0.4, 0.5) is 4.79 Å². The van der Waals surface area contributed by atoms with E-state index in [1.54, 1.807) is 0 Å². The molecule has 8 nitrogen and oxygen atoms in total. The number of fused-ring (bicyclic) bond motifs is 3. The average molecular weight is 467 g/mol. The predicted molar refractivity (Wildman–Crippen MR) is 125 cm³/mol. The number of methoxy groups -OCH3 is 1. The van der Waals surface area contributed by atoms with Crippen LogP contribution in [0.25, 0.3) is 11.1 Å². The zero-order valence-electron chi connectivity index (χ0n) is 19.2. The summed E-state index contributed by atoms with van der Waals surface area (Å²) in [5.74, 6) is -1.66. The first kappa shape index (κ1) is 23.8. The second-order valence-corrected chi connectivity index (χ2v) is 9.03. The van der Waals surface area contributed by atoms with Crippen LogP contribution in [0, 0.1) is 0 Å². The molecule has 0 aromatic heterocycles. The Balaban J connectivity index is 1.39. The lowest BCUT2D eigenvalue weighted by atomic mass is 9.92. The van der Waals surface area contributed by atoms with E-state index >= 15 is 0 Å². The Hall–Kier alpha value is -3.39. The third-order valence-electron chi connectivity index (χ3n) is 6.74. The maximum absolute atomic E-state index is 12.8. The van der Waals surface area contributed by atoms with Crippen molar-refractivity contribution in [2.45, 2.75) is 49.6 Å². The number of hydrogen-bond acceptors (Lipinski definition) is 5. The third-order valence-corrected chi connectivity index (χ3v) is 6.74. The van der Waals surface area contributed by atoms with Crippen molar-refractivity contribution in [1.29, 1.82) is 0 Å². The molecule has 0 radical (unpaired) electrons. The van der Waals surface area contributed by atoms with Crippen molar-refractivity contribution < 1.29 is 29.0 Å². The molecule has 1 fully saturated rings. The van der Waals surface area contributed by atoms with E-state index in [0.29, 0.717) is 12.8 Å². The normalized spacial score (nSPS) is 16.9. The second-order valence-electron chi connectivity index (χ2n) is 9.03. The van der Waals surface area contributed by atoms with Gasteiger partial charge in [-0.1, -0.05) is 61.4 Å². The zero-order chi connectivity index (χ0) is 24.1. The van der Waals surface area contributed by atoms with Crippen LogP contribution in [0.3, 0.4) is 0 Å². The number of nitrogens with one attached hydrogen (secondary N) is 2. The van der Waals surface area contributed by atoms with Crippen molar-refractivity contribution >= 4 is 18.0 Å². The first-order valence-corrected chi connectivity index (χ1v) is 11.6. The molecule has 180 valence electrons. The van der Waals surface area contributed by atoms with Crippen LogP contribution < -0.4 is 10.6 Å². The summed E-state index contributed by atoms with van der Waals surface area (Å²) in [4.78, 5) is 36.7. The molecule has 2 aromatic carbocycles. The van der Waals surface area contributed by atoms with Crippen molar-refractivity contribution in [2.75, 3.05) is 20.3 Å². The number of rotatable bonds is 9. The van der Waals surface area contributed by atoms with E-state index in [1.807, 2.05) is 24.3 Å². The highest BCUT2D eigenvalue weighted by molar-refractivity contribution is 5.85. The largest absolute Gasteiger partial charge is 0.480 e. The van der Waals surface area contributed by atoms with E-state index in [4.69, 9.17) is 9.47 Å². The summed E-state index contributed by atoms with van der Waals surface area (Å²) in [6.45, 7) is 0.0605. The highest BCUT2D eigenvalue weighted by atomic mass is 16.5. The van der Waals surface area contributed by atoms with Crippen LogP contribution >= 0.6 is 0 Å². The molecule has 2 aromatic rings. The molecule has 0 unspecified atom stereocenters. The lowest BCUT2D eigenvalue weighted by molar-refractivity contribution is -0.143. The molecule has 0 aliphatic heterocycles. The number of ether oxygens (including phenoxy) is 2. The summed E-state index contributed by atoms with van der Waals surface area (Å²) >= 11 is 0. The van der Waals surface area contributed by atoms with Gasteiger partial charge < -0.3 is 25.2 Å². The van der Waals surface area contributed by atoms with Gasteiger partial charge in [-0.05, 0) is 35.1 Å². The molecule has 0 saturated heterocycles. The fourth-order valence-electron chi connectivity index (χ4n) is 5.14. The van der Waals surface area contributed by atoms with Gasteiger partial charge in [0.25, 0.3) is 0 Å². The Morgan fingerprint density at radius 1 is 1.03 bits per heavy atom. The van der Waals surface area contributed by atoms with E-state index in [0.717, 1.165) is 35.1 Å². The van der Waals surface area contributed by atoms with Gasteiger partial charge in [0.2, 0.25) is 5.91 Å². The molecule has 34 heavy (non-hydrogen) atoms. The number of alkyl carbamates (subject to hydrolysis) is 1. The first-order valence-electron chi connectivity index (χ1n) is 11.6. The van der Waals surface area contributed by atoms with Crippen LogP contribution in [0.5, 0.6) is 0 Å². The van der Waals surface area contributed by atoms with Crippen LogP contribution in [-0.2, 0) is 19.1 Å². The Bertz CT molecular complexity index is 1020. The zero-order valence-corrected chi connectivity index (χ0v) is 19.2. The molecule has 0 bridgehead atoms. The second kappa shape index (κ2) is 10.3. The number of hydrogen-bond donors (Lipinski definition) is 3. The van der Waals surface area contributed by atoms with Gasteiger partial charge in [0, 0.05) is 19.4 Å². The number of carbonyl (C=O) groups is 3. The summed E-state index contributed by atoms with van der Waals surface area (Å²) in [5, 5.41) is 14.7. The number of aliphatic carboxylic acids is 1. The van der Waals surface area contributed by atoms with Crippen molar-refractivity contribution in [1.82, 2.24) is 10.6 Å². The molecule has 1 saturated carbocycles. The summed E-state index contributed by atoms with van der Waals surface area (Å²) in [7, 11) is 1.37. The lowest BCUT2D eigenvalue weighted by Gasteiger charge is -2.30. The topological polar surface area (TPSA) is 114 Å². The number of carboxylic acid groups (broad SMARTS) is 1. The van der Waals surface area contributed by atoms with Gasteiger partial charge in [-0.3, -0.25) is 4.79 Å². The van der Waals surface area contributed by atoms with E-state index in [-0.39, 0.29) is 25.6 Å². The quantitative estimate of drug-likeness (QED) is 0.522. The van der Waals surface area contributed by atoms with E-state index < -0.39 is 29.6 Å². The van der Waals surface area contributed by atoms with Crippen molar-refractivity contribution in [3.63, 3.8) is 0 Å². The monoisotopic (exact) mass is 466 g/mol. The van der Waals surface area contributed by atoms with Gasteiger partial charge in [0.05, 0.1) is 12.1 Å². The molecule has 8 heteroatoms. The number of benzene rings is 2. The van der Waals surface area contributed by atoms with Gasteiger partial charge in [-0.2, -0.15) is 0 Å². The molecule has 2 aliphatic carbocycles. The van der Waals surface area contributed by atoms with Gasteiger partial charge in [-0.25, -0.2) is 9.59 Å². The fourth-order valence-corrected chi connectivity index (χ4v) is 5.14. The van der Waals surface area contributed by atoms with Gasteiger partial charge >= 0.3 is 12.1 Å². The standard InChI is InChI=1S/C26H30N2O6/c1-33-16-22(24(30)31)27-23(29)14-26(12-6-7-13-26)28-25(32)34-15-21-19-10-4-2-8-17(19)18-9-3-5-11-20(18)21/h2-5,8-11,21-22H,6-7,12-16H2,1H3,(H,27,29)(H,28,32)(H,30,31)/t22-/m0/s1. The van der Waals surface area contributed by atoms with Gasteiger partial charge in [0.1, 0.15) is 6.61 Å². The summed E-state index contributed by atoms with van der Waals surface area (Å²) < 4.78 is 10.5. The lowest BCUT2D eigenvalue weighted by Crippen LogP contribution is -2.52. The van der Waals surface area contributed by atoms with Crippen molar-refractivity contribution in [3.8, 4) is 11.1 Å². The number of amides is 2. The van der Waals surface area contributed by atoms with E-state index in [9.17, 15) is 19.5 Å². The highest BCUT2D eigenvalue weighted by Crippen LogP contribution is 2.44. The summed E-state index contributed by atoms with van der Waals surface area (Å²) in [5.41, 5.74) is 3.82. The smallest absolute Gasteiger partial charge is 0.407 e. The first-order chi connectivity index (χ1) is 16.4. The Morgan fingerprint density at radius 3 is 2.18 bits per heavy atom. The van der Waals surface area contributed by atoms with Crippen LogP contribution in [-0.4, -0.2) is 55.0 Å². The molecule has 4 rings (SSSR count). The van der Waals surface area contributed by atoms with Crippen molar-refractivity contribution in [3.05, 3.63) is 59.7 Å². The van der Waals surface area contributed by atoms with E-state index in [2.05, 4.69) is 34.9 Å². The maximum Gasteiger partial charge on any atom is 0.407 e. The number of carbonyl (C=O) groups excluding carboxylic acids is 2. The van der Waals surface area contributed by atoms with Crippen LogP contribution in [0.2, 0.25) is 0 Å². The van der Waals surface area contributed by atoms with E-state index in [1.165, 1.54) is 7.11 Å². The molecule has 2 aliphatic rings. The van der Waals surface area contributed by atoms with Crippen LogP contribution in [0.15, 0.2) is 48.5 Å². The highest BCUT2D eigenvalue weighted by Gasteiger charge is 2.39. The molecule has 3 N–H and O–H groups in total. The van der Waals surface area contributed by atoms with Gasteiger partial charge in [0.15, 0.2) is 6.04 Å². The van der Waals surface area contributed by atoms with Gasteiger partial charge in [-0.15, -0.1) is 0 Å². The number of carboxylic acids is 1. The third kappa shape index (κ3) is 5.07. The minimum absolute atomic E-state index is 0.00924. The van der Waals surface area contributed by atoms with Crippen molar-refractivity contribution in [2.24, 2.45) is 0 Å². The minimum atomic E-state index is -1.17. The minimum Gasteiger partial charge on any atom is -0.480 e. The average Bonchev–Trinajstić information content (AvgIpc) is 3.39. The molecule has 1 atom stereocenters. The molecule has 2 amide bonds. The molecular weight excluding hydrogens is 436 g/mol. The Labute approximate surface area is 198 Å². The predicted octanol–water partition coefficient (Wildman–Crippen LogP) is 3.44. The Kier molecular flexibility index (Phi) is 7.17.